The predicted molar refractivity (Wildman–Crippen MR) is 102 cm³/mol. The SMILES string of the molecule is CCCCNc1ccc(C(=O)O)cc1S(=O)(=O)N[C@H](C)c1ccccc1. The van der Waals surface area contributed by atoms with Crippen molar-refractivity contribution in [3.63, 3.8) is 0 Å². The van der Waals surface area contributed by atoms with Crippen molar-refractivity contribution >= 4 is 21.7 Å². The number of anilines is 1. The Morgan fingerprint density at radius 1 is 1.15 bits per heavy atom. The molecule has 0 fully saturated rings. The highest BCUT2D eigenvalue weighted by Gasteiger charge is 2.23. The van der Waals surface area contributed by atoms with Crippen LogP contribution in [0.3, 0.4) is 0 Å². The second kappa shape index (κ2) is 8.82. The Hall–Kier alpha value is -2.38. The number of carbonyl (C=O) groups is 1. The predicted octanol–water partition coefficient (Wildman–Crippen LogP) is 3.64. The normalized spacial score (nSPS) is 12.5. The molecule has 0 saturated carbocycles. The molecule has 1 atom stereocenters. The summed E-state index contributed by atoms with van der Waals surface area (Å²) >= 11 is 0. The number of rotatable bonds is 9. The van der Waals surface area contributed by atoms with Crippen molar-refractivity contribution in [2.24, 2.45) is 0 Å². The minimum Gasteiger partial charge on any atom is -0.478 e. The first-order valence-electron chi connectivity index (χ1n) is 8.53. The summed E-state index contributed by atoms with van der Waals surface area (Å²) in [6.07, 6.45) is 1.85. The summed E-state index contributed by atoms with van der Waals surface area (Å²) in [5.41, 5.74) is 1.15. The van der Waals surface area contributed by atoms with E-state index >= 15 is 0 Å². The Bertz CT molecular complexity index is 851. The third kappa shape index (κ3) is 5.06. The fourth-order valence-corrected chi connectivity index (χ4v) is 3.97. The van der Waals surface area contributed by atoms with E-state index in [2.05, 4.69) is 10.0 Å². The lowest BCUT2D eigenvalue weighted by atomic mass is 10.1. The zero-order chi connectivity index (χ0) is 19.2. The molecule has 0 unspecified atom stereocenters. The number of hydrogen-bond acceptors (Lipinski definition) is 4. The Labute approximate surface area is 154 Å². The van der Waals surface area contributed by atoms with Crippen molar-refractivity contribution in [3.05, 3.63) is 59.7 Å². The smallest absolute Gasteiger partial charge is 0.335 e. The van der Waals surface area contributed by atoms with Crippen LogP contribution >= 0.6 is 0 Å². The molecular formula is C19H24N2O4S. The lowest BCUT2D eigenvalue weighted by Gasteiger charge is -2.18. The molecule has 0 aliphatic rings. The molecule has 0 aromatic heterocycles. The van der Waals surface area contributed by atoms with Crippen molar-refractivity contribution in [2.75, 3.05) is 11.9 Å². The number of benzene rings is 2. The van der Waals surface area contributed by atoms with Gasteiger partial charge in [0, 0.05) is 12.6 Å². The summed E-state index contributed by atoms with van der Waals surface area (Å²) in [4.78, 5) is 11.2. The third-order valence-electron chi connectivity index (χ3n) is 4.00. The maximum atomic E-state index is 12.9. The molecule has 2 aromatic carbocycles. The van der Waals surface area contributed by atoms with E-state index in [0.717, 1.165) is 18.4 Å². The molecular weight excluding hydrogens is 352 g/mol. The van der Waals surface area contributed by atoms with Crippen molar-refractivity contribution < 1.29 is 18.3 Å². The largest absolute Gasteiger partial charge is 0.478 e. The second-order valence-electron chi connectivity index (χ2n) is 6.05. The lowest BCUT2D eigenvalue weighted by Crippen LogP contribution is -2.28. The van der Waals surface area contributed by atoms with Crippen molar-refractivity contribution in [2.45, 2.75) is 37.6 Å². The fraction of sp³-hybridized carbons (Fsp3) is 0.316. The minimum absolute atomic E-state index is 0.0590. The van der Waals surface area contributed by atoms with Crippen LogP contribution in [0.5, 0.6) is 0 Å². The molecule has 2 aromatic rings. The first kappa shape index (κ1) is 19.9. The number of carboxylic acid groups (broad SMARTS) is 1. The molecule has 0 heterocycles. The van der Waals surface area contributed by atoms with Crippen LogP contribution in [0.15, 0.2) is 53.4 Å². The second-order valence-corrected chi connectivity index (χ2v) is 7.73. The van der Waals surface area contributed by atoms with E-state index in [0.29, 0.717) is 12.2 Å². The summed E-state index contributed by atoms with van der Waals surface area (Å²) in [5, 5.41) is 12.3. The first-order valence-corrected chi connectivity index (χ1v) is 10.0. The third-order valence-corrected chi connectivity index (χ3v) is 5.58. The molecule has 0 spiro atoms. The van der Waals surface area contributed by atoms with E-state index in [-0.39, 0.29) is 10.5 Å². The molecule has 6 nitrogen and oxygen atoms in total. The average Bonchev–Trinajstić information content (AvgIpc) is 2.62. The Morgan fingerprint density at radius 2 is 1.85 bits per heavy atom. The standard InChI is InChI=1S/C19H24N2O4S/c1-3-4-12-20-17-11-10-16(19(22)23)13-18(17)26(24,25)21-14(2)15-8-6-5-7-9-15/h5-11,13-14,20-21H,3-4,12H2,1-2H3,(H,22,23)/t14-/m1/s1. The van der Waals surface area contributed by atoms with Crippen LogP contribution in [0, 0.1) is 0 Å². The molecule has 0 bridgehead atoms. The van der Waals surface area contributed by atoms with E-state index < -0.39 is 22.0 Å². The molecule has 0 aliphatic heterocycles. The highest BCUT2D eigenvalue weighted by Crippen LogP contribution is 2.25. The maximum Gasteiger partial charge on any atom is 0.335 e. The maximum absolute atomic E-state index is 12.9. The molecule has 0 radical (unpaired) electrons. The van der Waals surface area contributed by atoms with E-state index in [9.17, 15) is 18.3 Å². The Balaban J connectivity index is 2.35. The van der Waals surface area contributed by atoms with Gasteiger partial charge in [0.1, 0.15) is 4.90 Å². The summed E-state index contributed by atoms with van der Waals surface area (Å²) in [5.74, 6) is -1.17. The molecule has 0 amide bonds. The van der Waals surface area contributed by atoms with Gasteiger partial charge in [-0.15, -0.1) is 0 Å². The number of unbranched alkanes of at least 4 members (excludes halogenated alkanes) is 1. The molecule has 7 heteroatoms. The Kier molecular flexibility index (Phi) is 6.76. The monoisotopic (exact) mass is 376 g/mol. The van der Waals surface area contributed by atoms with Crippen molar-refractivity contribution in [1.29, 1.82) is 0 Å². The van der Waals surface area contributed by atoms with Crippen molar-refractivity contribution in [1.82, 2.24) is 4.72 Å². The average molecular weight is 376 g/mol. The van der Waals surface area contributed by atoms with Gasteiger partial charge in [-0.2, -0.15) is 0 Å². The Morgan fingerprint density at radius 3 is 2.46 bits per heavy atom. The number of nitrogens with one attached hydrogen (secondary N) is 2. The van der Waals surface area contributed by atoms with Crippen LogP contribution in [-0.2, 0) is 10.0 Å². The van der Waals surface area contributed by atoms with Gasteiger partial charge in [-0.05, 0) is 37.1 Å². The van der Waals surface area contributed by atoms with Crippen molar-refractivity contribution in [3.8, 4) is 0 Å². The number of aromatic carboxylic acids is 1. The van der Waals surface area contributed by atoms with Gasteiger partial charge in [-0.1, -0.05) is 43.7 Å². The zero-order valence-electron chi connectivity index (χ0n) is 14.9. The van der Waals surface area contributed by atoms with E-state index in [1.54, 1.807) is 6.92 Å². The van der Waals surface area contributed by atoms with E-state index in [1.807, 2.05) is 37.3 Å². The zero-order valence-corrected chi connectivity index (χ0v) is 15.7. The van der Waals surface area contributed by atoms with Gasteiger partial charge >= 0.3 is 5.97 Å². The highest BCUT2D eigenvalue weighted by molar-refractivity contribution is 7.89. The van der Waals surface area contributed by atoms with Crippen LogP contribution < -0.4 is 10.0 Å². The van der Waals surface area contributed by atoms with Crippen LogP contribution in [0.2, 0.25) is 0 Å². The molecule has 0 saturated heterocycles. The van der Waals surface area contributed by atoms with Gasteiger partial charge in [-0.3, -0.25) is 0 Å². The van der Waals surface area contributed by atoms with Crippen LogP contribution in [0.1, 0.15) is 48.7 Å². The first-order chi connectivity index (χ1) is 12.3. The number of hydrogen-bond donors (Lipinski definition) is 3. The van der Waals surface area contributed by atoms with Crippen LogP contribution in [-0.4, -0.2) is 26.0 Å². The van der Waals surface area contributed by atoms with Gasteiger partial charge in [0.2, 0.25) is 10.0 Å². The van der Waals surface area contributed by atoms with Gasteiger partial charge in [0.05, 0.1) is 11.3 Å². The van der Waals surface area contributed by atoms with Crippen LogP contribution in [0.4, 0.5) is 5.69 Å². The minimum atomic E-state index is -3.91. The molecule has 3 N–H and O–H groups in total. The summed E-state index contributed by atoms with van der Waals surface area (Å²) in [6.45, 7) is 4.40. The molecule has 2 rings (SSSR count). The van der Waals surface area contributed by atoms with Gasteiger partial charge in [0.25, 0.3) is 0 Å². The topological polar surface area (TPSA) is 95.5 Å². The summed E-state index contributed by atoms with van der Waals surface area (Å²) < 4.78 is 28.4. The van der Waals surface area contributed by atoms with E-state index in [1.165, 1.54) is 18.2 Å². The number of sulfonamides is 1. The van der Waals surface area contributed by atoms with Crippen LogP contribution in [0.25, 0.3) is 0 Å². The fourth-order valence-electron chi connectivity index (χ4n) is 2.53. The van der Waals surface area contributed by atoms with Gasteiger partial charge in [0.15, 0.2) is 0 Å². The molecule has 140 valence electrons. The molecule has 0 aliphatic carbocycles. The quantitative estimate of drug-likeness (QED) is 0.581. The van der Waals surface area contributed by atoms with Gasteiger partial charge in [-0.25, -0.2) is 17.9 Å². The molecule has 26 heavy (non-hydrogen) atoms. The summed E-state index contributed by atoms with van der Waals surface area (Å²) in [6, 6.07) is 12.8. The van der Waals surface area contributed by atoms with Gasteiger partial charge < -0.3 is 10.4 Å². The number of carboxylic acids is 1. The highest BCUT2D eigenvalue weighted by atomic mass is 32.2. The summed E-state index contributed by atoms with van der Waals surface area (Å²) in [7, 11) is -3.91. The lowest BCUT2D eigenvalue weighted by molar-refractivity contribution is 0.0696. The van der Waals surface area contributed by atoms with E-state index in [4.69, 9.17) is 0 Å².